The van der Waals surface area contributed by atoms with Crippen molar-refractivity contribution in [1.82, 2.24) is 5.32 Å². The fourth-order valence-electron chi connectivity index (χ4n) is 2.29. The number of hydrogen-bond donors (Lipinski definition) is 2. The standard InChI is InChI=1S/C19H25NO2/c1-13(18(22)20-12-17(21)19(2,3)4)15-10-9-14-7-5-6-8-16(14)11-15/h5-11,13,17,21H,12H2,1-4H3,(H,20,22). The summed E-state index contributed by atoms with van der Waals surface area (Å²) in [6.45, 7) is 8.03. The summed E-state index contributed by atoms with van der Waals surface area (Å²) >= 11 is 0. The molecule has 0 radical (unpaired) electrons. The van der Waals surface area contributed by atoms with E-state index in [2.05, 4.69) is 17.4 Å². The van der Waals surface area contributed by atoms with Crippen molar-refractivity contribution in [2.24, 2.45) is 5.41 Å². The molecule has 2 aromatic rings. The van der Waals surface area contributed by atoms with Crippen molar-refractivity contribution in [2.75, 3.05) is 6.54 Å². The number of carbonyl (C=O) groups is 1. The van der Waals surface area contributed by atoms with Crippen LogP contribution in [-0.4, -0.2) is 23.7 Å². The van der Waals surface area contributed by atoms with Crippen molar-refractivity contribution in [3.05, 3.63) is 48.0 Å². The van der Waals surface area contributed by atoms with Crippen molar-refractivity contribution < 1.29 is 9.90 Å². The topological polar surface area (TPSA) is 49.3 Å². The maximum atomic E-state index is 12.3. The summed E-state index contributed by atoms with van der Waals surface area (Å²) in [5.74, 6) is -0.296. The van der Waals surface area contributed by atoms with E-state index >= 15 is 0 Å². The Balaban J connectivity index is 2.06. The quantitative estimate of drug-likeness (QED) is 0.908. The normalized spacial score (nSPS) is 14.6. The number of nitrogens with one attached hydrogen (secondary N) is 1. The molecule has 0 spiro atoms. The Kier molecular flexibility index (Phi) is 4.87. The van der Waals surface area contributed by atoms with Gasteiger partial charge in [0.25, 0.3) is 0 Å². The molecule has 118 valence electrons. The van der Waals surface area contributed by atoms with E-state index in [0.717, 1.165) is 10.9 Å². The minimum absolute atomic E-state index is 0.0569. The van der Waals surface area contributed by atoms with E-state index in [1.807, 2.05) is 58.0 Å². The molecule has 2 rings (SSSR count). The molecule has 3 heteroatoms. The molecule has 0 saturated heterocycles. The lowest BCUT2D eigenvalue weighted by molar-refractivity contribution is -0.123. The zero-order valence-corrected chi connectivity index (χ0v) is 13.8. The van der Waals surface area contributed by atoms with Crippen LogP contribution in [0.3, 0.4) is 0 Å². The highest BCUT2D eigenvalue weighted by molar-refractivity contribution is 5.87. The van der Waals surface area contributed by atoms with Crippen LogP contribution in [0.5, 0.6) is 0 Å². The van der Waals surface area contributed by atoms with E-state index in [1.54, 1.807) is 0 Å². The molecule has 22 heavy (non-hydrogen) atoms. The molecule has 0 heterocycles. The Bertz CT molecular complexity index is 658. The van der Waals surface area contributed by atoms with Gasteiger partial charge in [-0.05, 0) is 28.7 Å². The fraction of sp³-hybridized carbons (Fsp3) is 0.421. The Morgan fingerprint density at radius 3 is 2.41 bits per heavy atom. The van der Waals surface area contributed by atoms with Crippen molar-refractivity contribution >= 4 is 16.7 Å². The van der Waals surface area contributed by atoms with Gasteiger partial charge in [0, 0.05) is 6.54 Å². The van der Waals surface area contributed by atoms with Gasteiger partial charge >= 0.3 is 0 Å². The number of aliphatic hydroxyl groups excluding tert-OH is 1. The number of carbonyl (C=O) groups excluding carboxylic acids is 1. The summed E-state index contributed by atoms with van der Waals surface area (Å²) in [6, 6.07) is 14.2. The molecule has 0 aromatic heterocycles. The summed E-state index contributed by atoms with van der Waals surface area (Å²) in [6.07, 6.45) is -0.555. The second-order valence-corrected chi connectivity index (χ2v) is 6.96. The van der Waals surface area contributed by atoms with Crippen molar-refractivity contribution in [3.63, 3.8) is 0 Å². The van der Waals surface area contributed by atoms with Gasteiger partial charge in [0.2, 0.25) is 5.91 Å². The van der Waals surface area contributed by atoms with Crippen molar-refractivity contribution in [2.45, 2.75) is 39.7 Å². The van der Waals surface area contributed by atoms with Crippen LogP contribution in [0, 0.1) is 5.41 Å². The summed E-state index contributed by atoms with van der Waals surface area (Å²) < 4.78 is 0. The first-order valence-electron chi connectivity index (χ1n) is 7.73. The van der Waals surface area contributed by atoms with Gasteiger partial charge in [-0.1, -0.05) is 63.2 Å². The highest BCUT2D eigenvalue weighted by Crippen LogP contribution is 2.22. The molecule has 0 bridgehead atoms. The first-order valence-corrected chi connectivity index (χ1v) is 7.73. The van der Waals surface area contributed by atoms with Crippen LogP contribution in [0.25, 0.3) is 10.8 Å². The van der Waals surface area contributed by atoms with E-state index in [9.17, 15) is 9.90 Å². The van der Waals surface area contributed by atoms with Gasteiger partial charge in [0.15, 0.2) is 0 Å². The molecule has 0 aliphatic carbocycles. The minimum atomic E-state index is -0.555. The molecule has 1 amide bonds. The zero-order chi connectivity index (χ0) is 16.3. The summed E-state index contributed by atoms with van der Waals surface area (Å²) in [5, 5.41) is 15.2. The molecule has 3 nitrogen and oxygen atoms in total. The maximum Gasteiger partial charge on any atom is 0.227 e. The van der Waals surface area contributed by atoms with Gasteiger partial charge in [0.05, 0.1) is 12.0 Å². The number of fused-ring (bicyclic) bond motifs is 1. The lowest BCUT2D eigenvalue weighted by Crippen LogP contribution is -2.40. The van der Waals surface area contributed by atoms with Crippen LogP contribution < -0.4 is 5.32 Å². The molecule has 0 aliphatic rings. The van der Waals surface area contributed by atoms with E-state index in [0.29, 0.717) is 0 Å². The van der Waals surface area contributed by atoms with E-state index in [-0.39, 0.29) is 23.8 Å². The summed E-state index contributed by atoms with van der Waals surface area (Å²) in [7, 11) is 0. The smallest absolute Gasteiger partial charge is 0.227 e. The van der Waals surface area contributed by atoms with Crippen LogP contribution in [-0.2, 0) is 4.79 Å². The van der Waals surface area contributed by atoms with Gasteiger partial charge in [-0.2, -0.15) is 0 Å². The SMILES string of the molecule is CC(C(=O)NCC(O)C(C)(C)C)c1ccc2ccccc2c1. The van der Waals surface area contributed by atoms with Crippen molar-refractivity contribution in [3.8, 4) is 0 Å². The Labute approximate surface area is 132 Å². The molecule has 0 saturated carbocycles. The Morgan fingerprint density at radius 2 is 1.77 bits per heavy atom. The monoisotopic (exact) mass is 299 g/mol. The molecule has 2 N–H and O–H groups in total. The predicted octanol–water partition coefficient (Wildman–Crippen LogP) is 3.47. The van der Waals surface area contributed by atoms with E-state index < -0.39 is 6.10 Å². The Morgan fingerprint density at radius 1 is 1.14 bits per heavy atom. The number of benzene rings is 2. The minimum Gasteiger partial charge on any atom is -0.391 e. The third kappa shape index (κ3) is 3.86. The number of aliphatic hydroxyl groups is 1. The van der Waals surface area contributed by atoms with Crippen LogP contribution in [0.4, 0.5) is 0 Å². The van der Waals surface area contributed by atoms with E-state index in [1.165, 1.54) is 5.39 Å². The van der Waals surface area contributed by atoms with Crippen molar-refractivity contribution in [1.29, 1.82) is 0 Å². The third-order valence-corrected chi connectivity index (χ3v) is 4.14. The Hall–Kier alpha value is -1.87. The summed E-state index contributed by atoms with van der Waals surface area (Å²) in [5.41, 5.74) is 0.751. The summed E-state index contributed by atoms with van der Waals surface area (Å²) in [4.78, 5) is 12.3. The fourth-order valence-corrected chi connectivity index (χ4v) is 2.29. The third-order valence-electron chi connectivity index (χ3n) is 4.14. The molecule has 2 unspecified atom stereocenters. The van der Waals surface area contributed by atoms with Gasteiger partial charge < -0.3 is 10.4 Å². The van der Waals surface area contributed by atoms with Crippen LogP contribution >= 0.6 is 0 Å². The molecule has 2 aromatic carbocycles. The lowest BCUT2D eigenvalue weighted by Gasteiger charge is -2.26. The molecule has 0 fully saturated rings. The second-order valence-electron chi connectivity index (χ2n) is 6.96. The molecule has 0 aliphatic heterocycles. The average molecular weight is 299 g/mol. The highest BCUT2D eigenvalue weighted by atomic mass is 16.3. The second kappa shape index (κ2) is 6.49. The van der Waals surface area contributed by atoms with Crippen LogP contribution in [0.1, 0.15) is 39.2 Å². The van der Waals surface area contributed by atoms with E-state index in [4.69, 9.17) is 0 Å². The van der Waals surface area contributed by atoms with Crippen LogP contribution in [0.15, 0.2) is 42.5 Å². The number of amides is 1. The first-order chi connectivity index (χ1) is 10.3. The number of hydrogen-bond acceptors (Lipinski definition) is 2. The number of rotatable bonds is 4. The highest BCUT2D eigenvalue weighted by Gasteiger charge is 2.23. The molecular weight excluding hydrogens is 274 g/mol. The average Bonchev–Trinajstić information content (AvgIpc) is 2.50. The predicted molar refractivity (Wildman–Crippen MR) is 90.8 cm³/mol. The van der Waals surface area contributed by atoms with Crippen LogP contribution in [0.2, 0.25) is 0 Å². The largest absolute Gasteiger partial charge is 0.391 e. The van der Waals surface area contributed by atoms with Gasteiger partial charge in [-0.15, -0.1) is 0 Å². The van der Waals surface area contributed by atoms with Gasteiger partial charge in [-0.25, -0.2) is 0 Å². The van der Waals surface area contributed by atoms with Gasteiger partial charge in [0.1, 0.15) is 0 Å². The maximum absolute atomic E-state index is 12.3. The lowest BCUT2D eigenvalue weighted by atomic mass is 9.89. The zero-order valence-electron chi connectivity index (χ0n) is 13.8. The molecular formula is C19H25NO2. The van der Waals surface area contributed by atoms with Gasteiger partial charge in [-0.3, -0.25) is 4.79 Å². The molecule has 2 atom stereocenters. The first kappa shape index (κ1) is 16.5.